The number of anilines is 1. The molecular formula is C10H14N2O5S. The highest BCUT2D eigenvalue weighted by molar-refractivity contribution is 7.67. The maximum Gasteiger partial charge on any atom is 0.337 e. The van der Waals surface area contributed by atoms with Crippen LogP contribution in [0.3, 0.4) is 0 Å². The van der Waals surface area contributed by atoms with E-state index in [1.165, 1.54) is 19.1 Å². The molecule has 1 unspecified atom stereocenters. The van der Waals surface area contributed by atoms with Crippen LogP contribution >= 0.6 is 0 Å². The second-order valence-electron chi connectivity index (χ2n) is 4.03. The van der Waals surface area contributed by atoms with Gasteiger partial charge in [-0.1, -0.05) is 6.07 Å². The minimum Gasteiger partial charge on any atom is -0.478 e. The molecule has 0 aliphatic heterocycles. The Bertz CT molecular complexity index is 531. The molecule has 0 heterocycles. The van der Waals surface area contributed by atoms with Crippen LogP contribution in [-0.2, 0) is 21.6 Å². The average molecular weight is 274 g/mol. The van der Waals surface area contributed by atoms with Gasteiger partial charge < -0.3 is 16.6 Å². The van der Waals surface area contributed by atoms with E-state index in [1.54, 1.807) is 6.07 Å². The zero-order valence-corrected chi connectivity index (χ0v) is 10.5. The molecule has 0 fully saturated rings. The molecule has 18 heavy (non-hydrogen) atoms. The third-order valence-electron chi connectivity index (χ3n) is 2.19. The Morgan fingerprint density at radius 2 is 2.11 bits per heavy atom. The molecule has 0 radical (unpaired) electrons. The number of aromatic carboxylic acids is 1. The highest BCUT2D eigenvalue weighted by atomic mass is 32.2. The van der Waals surface area contributed by atoms with Crippen molar-refractivity contribution in [2.24, 2.45) is 5.73 Å². The Kier molecular flexibility index (Phi) is 4.28. The van der Waals surface area contributed by atoms with Gasteiger partial charge in [0.2, 0.25) is 0 Å². The number of carbonyl (C=O) groups is 1. The quantitative estimate of drug-likeness (QED) is 0.330. The van der Waals surface area contributed by atoms with Crippen molar-refractivity contribution in [1.82, 2.24) is 0 Å². The van der Waals surface area contributed by atoms with E-state index < -0.39 is 22.7 Å². The second kappa shape index (κ2) is 5.34. The summed E-state index contributed by atoms with van der Waals surface area (Å²) in [5.41, 5.74) is 10.3. The number of carboxylic acid groups (broad SMARTS) is 1. The Morgan fingerprint density at radius 1 is 1.50 bits per heavy atom. The van der Waals surface area contributed by atoms with Crippen molar-refractivity contribution in [1.29, 1.82) is 0 Å². The molecule has 0 saturated heterocycles. The Labute approximate surface area is 106 Å². The summed E-state index contributed by atoms with van der Waals surface area (Å²) in [5.74, 6) is -1.16. The number of nitrogen functional groups attached to an aromatic ring is 1. The van der Waals surface area contributed by atoms with Crippen molar-refractivity contribution < 1.29 is 22.5 Å². The lowest BCUT2D eigenvalue weighted by molar-refractivity contribution is 0.0697. The molecular weight excluding hydrogens is 260 g/mol. The van der Waals surface area contributed by atoms with Crippen LogP contribution in [0.1, 0.15) is 22.8 Å². The molecule has 0 aliphatic carbocycles. The zero-order chi connectivity index (χ0) is 13.9. The predicted molar refractivity (Wildman–Crippen MR) is 65.5 cm³/mol. The first-order valence-corrected chi connectivity index (χ1v) is 6.05. The first kappa shape index (κ1) is 14.4. The monoisotopic (exact) mass is 274 g/mol. The summed E-state index contributed by atoms with van der Waals surface area (Å²) in [5, 5.41) is 8.89. The van der Waals surface area contributed by atoms with Crippen LogP contribution in [-0.4, -0.2) is 25.2 Å². The molecule has 0 spiro atoms. The zero-order valence-electron chi connectivity index (χ0n) is 9.62. The molecule has 1 aromatic carbocycles. The topological polar surface area (TPSA) is 133 Å². The van der Waals surface area contributed by atoms with Gasteiger partial charge in [0.15, 0.2) is 0 Å². The standard InChI is InChI=1S/C10H14N2O5S/c1-10(12,17-18(15)16)5-6-2-3-8(11)7(4-6)9(13)14/h2-4,18H,5,11-12H2,1H3,(H,13,14). The second-order valence-corrected chi connectivity index (χ2v) is 4.66. The lowest BCUT2D eigenvalue weighted by Crippen LogP contribution is -2.41. The third-order valence-corrected chi connectivity index (χ3v) is 2.75. The summed E-state index contributed by atoms with van der Waals surface area (Å²) in [7, 11) is -3.08. The Hall–Kier alpha value is -1.64. The van der Waals surface area contributed by atoms with Gasteiger partial charge in [-0.05, 0) is 24.6 Å². The van der Waals surface area contributed by atoms with Gasteiger partial charge in [-0.15, -0.1) is 0 Å². The van der Waals surface area contributed by atoms with Crippen molar-refractivity contribution in [3.05, 3.63) is 29.3 Å². The van der Waals surface area contributed by atoms with Crippen LogP contribution in [0.15, 0.2) is 18.2 Å². The van der Waals surface area contributed by atoms with Crippen molar-refractivity contribution in [3.63, 3.8) is 0 Å². The summed E-state index contributed by atoms with van der Waals surface area (Å²) in [6.45, 7) is 1.38. The number of thiol groups is 1. The predicted octanol–water partition coefficient (Wildman–Crippen LogP) is -0.273. The smallest absolute Gasteiger partial charge is 0.337 e. The first-order valence-electron chi connectivity index (χ1n) is 4.95. The molecule has 0 amide bonds. The lowest BCUT2D eigenvalue weighted by Gasteiger charge is -2.21. The van der Waals surface area contributed by atoms with Gasteiger partial charge in [0.05, 0.1) is 5.56 Å². The molecule has 8 heteroatoms. The Balaban J connectivity index is 2.98. The number of benzene rings is 1. The summed E-state index contributed by atoms with van der Waals surface area (Å²) in [6, 6.07) is 4.32. The fourth-order valence-electron chi connectivity index (χ4n) is 1.51. The molecule has 1 atom stereocenters. The van der Waals surface area contributed by atoms with E-state index in [0.29, 0.717) is 5.56 Å². The maximum atomic E-state index is 10.9. The number of nitrogens with two attached hydrogens (primary N) is 2. The fourth-order valence-corrected chi connectivity index (χ4v) is 1.91. The number of hydrogen-bond donors (Lipinski definition) is 4. The van der Waals surface area contributed by atoms with Crippen molar-refractivity contribution in [3.8, 4) is 0 Å². The summed E-state index contributed by atoms with van der Waals surface area (Å²) >= 11 is 0. The molecule has 100 valence electrons. The van der Waals surface area contributed by atoms with E-state index in [4.69, 9.17) is 16.6 Å². The molecule has 0 bridgehead atoms. The van der Waals surface area contributed by atoms with E-state index in [0.717, 1.165) is 0 Å². The minimum atomic E-state index is -3.08. The molecule has 0 aliphatic rings. The molecule has 7 nitrogen and oxygen atoms in total. The van der Waals surface area contributed by atoms with Gasteiger partial charge in [-0.2, -0.15) is 0 Å². The van der Waals surface area contributed by atoms with Crippen LogP contribution < -0.4 is 11.5 Å². The average Bonchev–Trinajstić information content (AvgIpc) is 2.18. The van der Waals surface area contributed by atoms with Crippen LogP contribution in [0, 0.1) is 0 Å². The van der Waals surface area contributed by atoms with E-state index >= 15 is 0 Å². The summed E-state index contributed by atoms with van der Waals surface area (Å²) in [4.78, 5) is 10.9. The molecule has 1 aromatic rings. The number of rotatable bonds is 5. The number of carboxylic acids is 1. The van der Waals surface area contributed by atoms with E-state index in [2.05, 4.69) is 4.18 Å². The summed E-state index contributed by atoms with van der Waals surface area (Å²) in [6.07, 6.45) is 0.0386. The molecule has 1 rings (SSSR count). The van der Waals surface area contributed by atoms with Crippen molar-refractivity contribution >= 4 is 22.6 Å². The van der Waals surface area contributed by atoms with Crippen LogP contribution in [0.5, 0.6) is 0 Å². The van der Waals surface area contributed by atoms with Crippen molar-refractivity contribution in [2.75, 3.05) is 5.73 Å². The first-order chi connectivity index (χ1) is 8.21. The SMILES string of the molecule is CC(N)(Cc1ccc(N)c(C(=O)O)c1)O[SH](=O)=O. The van der Waals surface area contributed by atoms with Gasteiger partial charge in [-0.25, -0.2) is 17.4 Å². The maximum absolute atomic E-state index is 10.9. The van der Waals surface area contributed by atoms with Crippen molar-refractivity contribution in [2.45, 2.75) is 19.1 Å². The minimum absolute atomic E-state index is 0.0386. The molecule has 0 saturated carbocycles. The van der Waals surface area contributed by atoms with Crippen LogP contribution in [0.2, 0.25) is 0 Å². The third kappa shape index (κ3) is 3.99. The lowest BCUT2D eigenvalue weighted by atomic mass is 10.0. The van der Waals surface area contributed by atoms with Gasteiger partial charge in [0.25, 0.3) is 11.0 Å². The van der Waals surface area contributed by atoms with Crippen LogP contribution in [0.4, 0.5) is 5.69 Å². The Morgan fingerprint density at radius 3 is 2.61 bits per heavy atom. The molecule has 0 aromatic heterocycles. The highest BCUT2D eigenvalue weighted by Gasteiger charge is 2.22. The van der Waals surface area contributed by atoms with Gasteiger partial charge in [-0.3, -0.25) is 0 Å². The fraction of sp³-hybridized carbons (Fsp3) is 0.300. The highest BCUT2D eigenvalue weighted by Crippen LogP contribution is 2.18. The van der Waals surface area contributed by atoms with E-state index in [1.807, 2.05) is 0 Å². The van der Waals surface area contributed by atoms with Gasteiger partial charge in [0.1, 0.15) is 5.72 Å². The van der Waals surface area contributed by atoms with Gasteiger partial charge >= 0.3 is 5.97 Å². The normalized spacial score (nSPS) is 14.4. The van der Waals surface area contributed by atoms with E-state index in [-0.39, 0.29) is 17.7 Å². The summed E-state index contributed by atoms with van der Waals surface area (Å²) < 4.78 is 25.4. The molecule has 5 N–H and O–H groups in total. The van der Waals surface area contributed by atoms with Gasteiger partial charge in [0, 0.05) is 12.1 Å². The number of hydrogen-bond acceptors (Lipinski definition) is 6. The largest absolute Gasteiger partial charge is 0.478 e. The van der Waals surface area contributed by atoms with Crippen LogP contribution in [0.25, 0.3) is 0 Å². The van der Waals surface area contributed by atoms with E-state index in [9.17, 15) is 13.2 Å².